The van der Waals surface area contributed by atoms with Crippen molar-refractivity contribution in [3.8, 4) is 11.3 Å². The Morgan fingerprint density at radius 3 is 2.68 bits per heavy atom. The first kappa shape index (κ1) is 18.6. The average molecular weight is 382 g/mol. The molecule has 148 valence electrons. The lowest BCUT2D eigenvalue weighted by Gasteiger charge is -2.33. The number of hydrogen-bond acceptors (Lipinski definition) is 7. The second-order valence-corrected chi connectivity index (χ2v) is 7.96. The molecule has 0 bridgehead atoms. The van der Waals surface area contributed by atoms with Crippen LogP contribution in [0.5, 0.6) is 0 Å². The number of hydrogen-bond donors (Lipinski definition) is 2. The lowest BCUT2D eigenvalue weighted by atomic mass is 10.1. The molecular formula is C20H26N6O2. The van der Waals surface area contributed by atoms with Gasteiger partial charge in [0.15, 0.2) is 5.65 Å². The monoisotopic (exact) mass is 382 g/mol. The SMILES string of the molecule is C[C@@H]1COCCN1c1nc(-c2ccc(N)cc2)c2cnn(CC(C)(C)O)c2n1. The quantitative estimate of drug-likeness (QED) is 0.666. The second kappa shape index (κ2) is 7.03. The molecule has 0 unspecified atom stereocenters. The topological polar surface area (TPSA) is 102 Å². The van der Waals surface area contributed by atoms with E-state index >= 15 is 0 Å². The molecule has 1 saturated heterocycles. The standard InChI is InChI=1S/C20H26N6O2/c1-13-11-28-9-8-25(13)19-23-17(14-4-6-15(21)7-5-14)16-10-22-26(18(16)24-19)12-20(2,3)27/h4-7,10,13,27H,8-9,11-12,21H2,1-3H3/t13-/m1/s1. The second-order valence-electron chi connectivity index (χ2n) is 7.96. The summed E-state index contributed by atoms with van der Waals surface area (Å²) < 4.78 is 7.30. The van der Waals surface area contributed by atoms with Gasteiger partial charge in [0.1, 0.15) is 0 Å². The summed E-state index contributed by atoms with van der Waals surface area (Å²) in [4.78, 5) is 11.9. The smallest absolute Gasteiger partial charge is 0.228 e. The molecule has 28 heavy (non-hydrogen) atoms. The third kappa shape index (κ3) is 3.65. The molecule has 1 aliphatic heterocycles. The molecule has 0 amide bonds. The predicted molar refractivity (Wildman–Crippen MR) is 109 cm³/mol. The Morgan fingerprint density at radius 2 is 2.00 bits per heavy atom. The number of nitrogens with two attached hydrogens (primary N) is 1. The van der Waals surface area contributed by atoms with Crippen molar-refractivity contribution in [1.29, 1.82) is 0 Å². The lowest BCUT2D eigenvalue weighted by Crippen LogP contribution is -2.44. The van der Waals surface area contributed by atoms with Crippen LogP contribution in [0.4, 0.5) is 11.6 Å². The van der Waals surface area contributed by atoms with Gasteiger partial charge >= 0.3 is 0 Å². The number of nitrogens with zero attached hydrogens (tertiary/aromatic N) is 5. The summed E-state index contributed by atoms with van der Waals surface area (Å²) in [7, 11) is 0. The molecule has 3 N–H and O–H groups in total. The first-order valence-corrected chi connectivity index (χ1v) is 9.48. The van der Waals surface area contributed by atoms with E-state index in [1.165, 1.54) is 0 Å². The van der Waals surface area contributed by atoms with E-state index in [-0.39, 0.29) is 6.04 Å². The molecular weight excluding hydrogens is 356 g/mol. The molecule has 0 radical (unpaired) electrons. The highest BCUT2D eigenvalue weighted by molar-refractivity contribution is 5.91. The number of aliphatic hydroxyl groups is 1. The number of benzene rings is 1. The van der Waals surface area contributed by atoms with Crippen LogP contribution in [0.2, 0.25) is 0 Å². The predicted octanol–water partition coefficient (Wildman–Crippen LogP) is 2.07. The molecule has 1 aliphatic rings. The Labute approximate surface area is 164 Å². The van der Waals surface area contributed by atoms with Gasteiger partial charge < -0.3 is 20.5 Å². The van der Waals surface area contributed by atoms with Crippen molar-refractivity contribution in [1.82, 2.24) is 19.7 Å². The Hall–Kier alpha value is -2.71. The van der Waals surface area contributed by atoms with Crippen LogP contribution >= 0.6 is 0 Å². The van der Waals surface area contributed by atoms with Gasteiger partial charge in [0.2, 0.25) is 5.95 Å². The summed E-state index contributed by atoms with van der Waals surface area (Å²) in [5.41, 5.74) is 8.12. The van der Waals surface area contributed by atoms with Gasteiger partial charge in [0.25, 0.3) is 0 Å². The highest BCUT2D eigenvalue weighted by atomic mass is 16.5. The fraction of sp³-hybridized carbons (Fsp3) is 0.450. The summed E-state index contributed by atoms with van der Waals surface area (Å²) in [5, 5.41) is 15.6. The van der Waals surface area contributed by atoms with Crippen molar-refractivity contribution in [2.75, 3.05) is 30.4 Å². The van der Waals surface area contributed by atoms with Crippen LogP contribution in [-0.4, -0.2) is 56.3 Å². The molecule has 8 nitrogen and oxygen atoms in total. The van der Waals surface area contributed by atoms with E-state index in [2.05, 4.69) is 16.9 Å². The maximum atomic E-state index is 10.3. The van der Waals surface area contributed by atoms with Gasteiger partial charge in [-0.15, -0.1) is 0 Å². The van der Waals surface area contributed by atoms with Gasteiger partial charge in [0.05, 0.1) is 48.7 Å². The maximum Gasteiger partial charge on any atom is 0.228 e. The first-order chi connectivity index (χ1) is 13.3. The van der Waals surface area contributed by atoms with Gasteiger partial charge in [-0.05, 0) is 32.9 Å². The summed E-state index contributed by atoms with van der Waals surface area (Å²) in [6, 6.07) is 7.81. The van der Waals surface area contributed by atoms with Crippen molar-refractivity contribution in [3.63, 3.8) is 0 Å². The number of rotatable bonds is 4. The zero-order valence-electron chi connectivity index (χ0n) is 16.5. The van der Waals surface area contributed by atoms with E-state index in [4.69, 9.17) is 20.4 Å². The van der Waals surface area contributed by atoms with Crippen molar-refractivity contribution in [2.24, 2.45) is 0 Å². The van der Waals surface area contributed by atoms with E-state index in [0.29, 0.717) is 37.0 Å². The zero-order chi connectivity index (χ0) is 19.9. The summed E-state index contributed by atoms with van der Waals surface area (Å²) >= 11 is 0. The fourth-order valence-corrected chi connectivity index (χ4v) is 3.44. The van der Waals surface area contributed by atoms with Crippen LogP contribution in [0.3, 0.4) is 0 Å². The number of ether oxygens (including phenoxy) is 1. The van der Waals surface area contributed by atoms with Gasteiger partial charge in [0, 0.05) is 17.8 Å². The summed E-state index contributed by atoms with van der Waals surface area (Å²) in [6.07, 6.45) is 1.76. The van der Waals surface area contributed by atoms with Crippen LogP contribution in [-0.2, 0) is 11.3 Å². The minimum Gasteiger partial charge on any atom is -0.399 e. The third-order valence-electron chi connectivity index (χ3n) is 4.83. The van der Waals surface area contributed by atoms with Crippen molar-refractivity contribution in [3.05, 3.63) is 30.5 Å². The number of anilines is 2. The highest BCUT2D eigenvalue weighted by Gasteiger charge is 2.25. The number of nitrogen functional groups attached to an aromatic ring is 1. The summed E-state index contributed by atoms with van der Waals surface area (Å²) in [5.74, 6) is 0.646. The lowest BCUT2D eigenvalue weighted by molar-refractivity contribution is 0.0589. The third-order valence-corrected chi connectivity index (χ3v) is 4.83. The number of morpholine rings is 1. The zero-order valence-corrected chi connectivity index (χ0v) is 16.5. The van der Waals surface area contributed by atoms with Crippen LogP contribution in [0.25, 0.3) is 22.3 Å². The minimum absolute atomic E-state index is 0.177. The van der Waals surface area contributed by atoms with Gasteiger partial charge in [-0.3, -0.25) is 0 Å². The van der Waals surface area contributed by atoms with E-state index in [1.54, 1.807) is 24.7 Å². The van der Waals surface area contributed by atoms with Crippen LogP contribution in [0, 0.1) is 0 Å². The van der Waals surface area contributed by atoms with Crippen molar-refractivity contribution in [2.45, 2.75) is 39.0 Å². The first-order valence-electron chi connectivity index (χ1n) is 9.48. The van der Waals surface area contributed by atoms with Crippen LogP contribution in [0.15, 0.2) is 30.5 Å². The summed E-state index contributed by atoms with van der Waals surface area (Å²) in [6.45, 7) is 7.97. The van der Waals surface area contributed by atoms with E-state index < -0.39 is 5.60 Å². The van der Waals surface area contributed by atoms with E-state index in [0.717, 1.165) is 23.2 Å². The maximum absolute atomic E-state index is 10.3. The van der Waals surface area contributed by atoms with E-state index in [1.807, 2.05) is 24.3 Å². The Morgan fingerprint density at radius 1 is 1.25 bits per heavy atom. The molecule has 0 saturated carbocycles. The fourth-order valence-electron chi connectivity index (χ4n) is 3.44. The van der Waals surface area contributed by atoms with E-state index in [9.17, 15) is 5.11 Å². The van der Waals surface area contributed by atoms with Gasteiger partial charge in [-0.1, -0.05) is 12.1 Å². The average Bonchev–Trinajstić information content (AvgIpc) is 3.03. The molecule has 8 heteroatoms. The molecule has 3 heterocycles. The van der Waals surface area contributed by atoms with Gasteiger partial charge in [-0.25, -0.2) is 9.67 Å². The molecule has 3 aromatic rings. The minimum atomic E-state index is -0.905. The molecule has 2 aromatic heterocycles. The van der Waals surface area contributed by atoms with Crippen molar-refractivity contribution < 1.29 is 9.84 Å². The highest BCUT2D eigenvalue weighted by Crippen LogP contribution is 2.30. The Balaban J connectivity index is 1.89. The molecule has 1 aromatic carbocycles. The van der Waals surface area contributed by atoms with Gasteiger partial charge in [-0.2, -0.15) is 10.1 Å². The molecule has 1 fully saturated rings. The molecule has 1 atom stereocenters. The van der Waals surface area contributed by atoms with Crippen molar-refractivity contribution >= 4 is 22.7 Å². The molecule has 0 aliphatic carbocycles. The molecule has 4 rings (SSSR count). The molecule has 0 spiro atoms. The largest absolute Gasteiger partial charge is 0.399 e. The Kier molecular flexibility index (Phi) is 4.68. The number of aromatic nitrogens is 4. The van der Waals surface area contributed by atoms with Crippen LogP contribution < -0.4 is 10.6 Å². The Bertz CT molecular complexity index is 977. The normalized spacial score (nSPS) is 18.0. The van der Waals surface area contributed by atoms with Crippen LogP contribution in [0.1, 0.15) is 20.8 Å². The number of fused-ring (bicyclic) bond motifs is 1.